The van der Waals surface area contributed by atoms with Gasteiger partial charge < -0.3 is 43.0 Å². The van der Waals surface area contributed by atoms with E-state index in [0.29, 0.717) is 47.9 Å². The zero-order valence-electron chi connectivity index (χ0n) is 57.3. The first-order valence-corrected chi connectivity index (χ1v) is 37.4. The van der Waals surface area contributed by atoms with Crippen molar-refractivity contribution in [2.45, 2.75) is 160 Å². The molecule has 0 bridgehead atoms. The highest BCUT2D eigenvalue weighted by molar-refractivity contribution is 7.13. The summed E-state index contributed by atoms with van der Waals surface area (Å²) in [5.41, 5.74) is 6.53. The van der Waals surface area contributed by atoms with Crippen LogP contribution >= 0.6 is 11.3 Å². The van der Waals surface area contributed by atoms with Crippen molar-refractivity contribution in [3.05, 3.63) is 161 Å². The van der Waals surface area contributed by atoms with Crippen LogP contribution in [0.2, 0.25) is 5.04 Å². The first-order valence-electron chi connectivity index (χ1n) is 34.7. The molecule has 0 radical (unpaired) electrons. The van der Waals surface area contributed by atoms with Gasteiger partial charge in [-0.3, -0.25) is 19.5 Å². The normalized spacial score (nSPS) is 19.9. The second-order valence-corrected chi connectivity index (χ2v) is 33.3. The average Bonchev–Trinajstić information content (AvgIpc) is 1.19. The molecule has 1 unspecified atom stereocenters. The standard InChI is InChI=1S/C77H90FN9O8SSi/c1-10-52-23-21-24-55-39-57(93-48-90-9)40-61(67(52)55)69-68(78)70-62(43-79-69)72(85-36-19-11-12-20-37-85)83-75(82-70)92-46-77-34-22-38-87(77)56(33-35-77)45-91-65-42-64(94-84-65)66(49(2)3)74(89)86-44-58(95-97(76(6,7)8,59-25-15-13-16-26-59)60-27-17-14-18-28-60)41-63(86)73(88)81-50(4)53-29-31-54(32-30-53)71-51(5)80-47-96-71/h13-18,21,23-32,39-40,42-43,47,49-50,56,58,63,66H,10-12,19-20,22,33-38,41,44-46,48H2,1-9H3,(H,81,88)/t50-,56-,58+,63-,66?,77+/m0/s1. The molecule has 13 rings (SSSR count). The van der Waals surface area contributed by atoms with Crippen LogP contribution in [0.25, 0.3) is 43.4 Å². The molecular formula is C77H90FN9O8SSi. The number of aryl methyl sites for hydroxylation is 2. The number of aromatic nitrogens is 5. The van der Waals surface area contributed by atoms with Crippen LogP contribution in [0.15, 0.2) is 138 Å². The summed E-state index contributed by atoms with van der Waals surface area (Å²) < 4.78 is 56.2. The molecule has 97 heavy (non-hydrogen) atoms. The molecule has 0 spiro atoms. The number of fused-ring (bicyclic) bond motifs is 3. The summed E-state index contributed by atoms with van der Waals surface area (Å²) in [7, 11) is -1.55. The summed E-state index contributed by atoms with van der Waals surface area (Å²) in [5, 5.41) is 12.0. The van der Waals surface area contributed by atoms with Crippen molar-refractivity contribution >= 4 is 69.3 Å². The SMILES string of the molecule is CCc1cccc2cc(OCOC)cc(-c3ncc4c(N5CCCCCC5)nc(OC[C@]56CCCN5[C@H](COc5cc(C(C(=O)N7C[C@H](O[Si](c8ccccc8)(c8ccccc8)C(C)(C)C)C[C@H]7C(=O)N[C@@H](C)c7ccc(-c8scnc8C)cc7)C(C)C)on5)CC6)nc4c3F)c12. The molecule has 4 saturated heterocycles. The number of rotatable bonds is 23. The Hall–Kier alpha value is -8.14. The number of ether oxygens (including phenoxy) is 4. The first kappa shape index (κ1) is 67.4. The van der Waals surface area contributed by atoms with Crippen molar-refractivity contribution in [1.82, 2.24) is 40.2 Å². The number of carbonyl (C=O) groups is 2. The number of thiazole rings is 1. The Kier molecular flexibility index (Phi) is 20.0. The van der Waals surface area contributed by atoms with E-state index in [-0.39, 0.29) is 76.8 Å². The first-order chi connectivity index (χ1) is 47.0. The molecule has 4 aromatic heterocycles. The molecule has 6 atom stereocenters. The molecule has 0 aliphatic carbocycles. The molecule has 17 nitrogen and oxygen atoms in total. The Morgan fingerprint density at radius 1 is 0.845 bits per heavy atom. The molecule has 8 heterocycles. The van der Waals surface area contributed by atoms with Gasteiger partial charge in [0.15, 0.2) is 18.4 Å². The van der Waals surface area contributed by atoms with Gasteiger partial charge in [-0.25, -0.2) is 9.37 Å². The Balaban J connectivity index is 0.739. The lowest BCUT2D eigenvalue weighted by atomic mass is 9.91. The minimum absolute atomic E-state index is 0.0238. The van der Waals surface area contributed by atoms with E-state index in [1.807, 2.05) is 81.7 Å². The molecule has 20 heteroatoms. The fourth-order valence-electron chi connectivity index (χ4n) is 15.7. The third kappa shape index (κ3) is 13.5. The van der Waals surface area contributed by atoms with E-state index in [9.17, 15) is 0 Å². The molecule has 4 fully saturated rings. The zero-order valence-corrected chi connectivity index (χ0v) is 59.1. The van der Waals surface area contributed by atoms with E-state index in [1.165, 1.54) is 0 Å². The molecule has 0 saturated carbocycles. The zero-order chi connectivity index (χ0) is 67.6. The van der Waals surface area contributed by atoms with Crippen molar-refractivity contribution in [2.24, 2.45) is 5.92 Å². The maximum atomic E-state index is 17.7. The Morgan fingerprint density at radius 2 is 1.59 bits per heavy atom. The van der Waals surface area contributed by atoms with E-state index in [1.54, 1.807) is 35.6 Å². The summed E-state index contributed by atoms with van der Waals surface area (Å²) in [6, 6.07) is 39.7. The molecule has 9 aromatic rings. The average molecular weight is 1350 g/mol. The van der Waals surface area contributed by atoms with Crippen molar-refractivity contribution < 1.29 is 41.9 Å². The number of likely N-dealkylation sites (tertiary alicyclic amines) is 1. The van der Waals surface area contributed by atoms with Crippen molar-refractivity contribution in [3.63, 3.8) is 0 Å². The van der Waals surface area contributed by atoms with Gasteiger partial charge in [-0.15, -0.1) is 11.3 Å². The van der Waals surface area contributed by atoms with E-state index in [2.05, 4.69) is 120 Å². The lowest BCUT2D eigenvalue weighted by molar-refractivity contribution is -0.141. The number of hydrogen-bond acceptors (Lipinski definition) is 16. The van der Waals surface area contributed by atoms with Crippen LogP contribution in [-0.4, -0.2) is 132 Å². The number of amides is 2. The number of anilines is 1. The third-order valence-electron chi connectivity index (χ3n) is 20.6. The highest BCUT2D eigenvalue weighted by Gasteiger charge is 2.55. The van der Waals surface area contributed by atoms with Gasteiger partial charge in [0, 0.05) is 57.0 Å². The maximum Gasteiger partial charge on any atom is 0.319 e. The number of methoxy groups -OCH3 is 1. The largest absolute Gasteiger partial charge is 0.474 e. The molecule has 5 aromatic carbocycles. The van der Waals surface area contributed by atoms with Gasteiger partial charge in [0.05, 0.1) is 39.2 Å². The molecule has 2 amide bonds. The van der Waals surface area contributed by atoms with E-state index >= 15 is 14.0 Å². The molecule has 508 valence electrons. The van der Waals surface area contributed by atoms with Gasteiger partial charge in [-0.05, 0) is 131 Å². The fraction of sp³-hybridized carbons (Fsp3) is 0.442. The van der Waals surface area contributed by atoms with Crippen LogP contribution in [0.3, 0.4) is 0 Å². The van der Waals surface area contributed by atoms with Gasteiger partial charge in [-0.2, -0.15) is 9.97 Å². The lowest BCUT2D eigenvalue weighted by Crippen LogP contribution is -2.67. The van der Waals surface area contributed by atoms with Crippen LogP contribution in [0, 0.1) is 18.7 Å². The highest BCUT2D eigenvalue weighted by atomic mass is 32.1. The molecule has 1 N–H and O–H groups in total. The van der Waals surface area contributed by atoms with Gasteiger partial charge in [0.25, 0.3) is 14.2 Å². The van der Waals surface area contributed by atoms with Gasteiger partial charge >= 0.3 is 6.01 Å². The summed E-state index contributed by atoms with van der Waals surface area (Å²) in [6.07, 6.45) is 10.1. The van der Waals surface area contributed by atoms with Crippen molar-refractivity contribution in [3.8, 4) is 39.3 Å². The van der Waals surface area contributed by atoms with Gasteiger partial charge in [0.2, 0.25) is 11.8 Å². The minimum Gasteiger partial charge on any atom is -0.474 e. The third-order valence-corrected chi connectivity index (χ3v) is 26.7. The number of nitrogens with one attached hydrogen (secondary N) is 1. The second kappa shape index (κ2) is 28.7. The fourth-order valence-corrected chi connectivity index (χ4v) is 21.2. The van der Waals surface area contributed by atoms with Crippen LogP contribution < -0.4 is 34.8 Å². The Labute approximate surface area is 573 Å². The Morgan fingerprint density at radius 3 is 2.27 bits per heavy atom. The minimum atomic E-state index is -3.13. The van der Waals surface area contributed by atoms with Crippen LogP contribution in [0.1, 0.15) is 141 Å². The summed E-state index contributed by atoms with van der Waals surface area (Å²) >= 11 is 1.60. The predicted molar refractivity (Wildman–Crippen MR) is 381 cm³/mol. The predicted octanol–water partition coefficient (Wildman–Crippen LogP) is 13.9. The number of hydrogen-bond donors (Lipinski definition) is 1. The number of benzene rings is 5. The molecule has 4 aliphatic rings. The Bertz CT molecular complexity index is 4200. The summed E-state index contributed by atoms with van der Waals surface area (Å²) in [4.78, 5) is 57.7. The van der Waals surface area contributed by atoms with Crippen LogP contribution in [0.4, 0.5) is 10.2 Å². The summed E-state index contributed by atoms with van der Waals surface area (Å²) in [5.74, 6) is -0.264. The van der Waals surface area contributed by atoms with E-state index < -0.39 is 32.2 Å². The van der Waals surface area contributed by atoms with Crippen LogP contribution in [-0.2, 0) is 25.2 Å². The molecular weight excluding hydrogens is 1260 g/mol. The molecule has 4 aliphatic heterocycles. The second-order valence-electron chi connectivity index (χ2n) is 28.2. The lowest BCUT2D eigenvalue weighted by Gasteiger charge is -2.44. The maximum absolute atomic E-state index is 17.7. The van der Waals surface area contributed by atoms with Gasteiger partial charge in [-0.1, -0.05) is 158 Å². The van der Waals surface area contributed by atoms with E-state index in [0.717, 1.165) is 126 Å². The number of nitrogens with zero attached hydrogens (tertiary/aromatic N) is 8. The number of halogens is 1. The number of carbonyl (C=O) groups excluding carboxylic acids is 2. The quantitative estimate of drug-likeness (QED) is 0.0472. The highest BCUT2D eigenvalue weighted by Crippen LogP contribution is 2.46. The van der Waals surface area contributed by atoms with Crippen molar-refractivity contribution in [1.29, 1.82) is 0 Å². The summed E-state index contributed by atoms with van der Waals surface area (Å²) in [6.45, 7) is 20.1. The van der Waals surface area contributed by atoms with Gasteiger partial charge in [0.1, 0.15) is 48.0 Å². The number of pyridine rings is 1. The van der Waals surface area contributed by atoms with E-state index in [4.69, 9.17) is 42.8 Å². The van der Waals surface area contributed by atoms with Crippen LogP contribution in [0.5, 0.6) is 17.6 Å². The monoisotopic (exact) mass is 1350 g/mol. The topological polar surface area (TPSA) is 180 Å². The smallest absolute Gasteiger partial charge is 0.319 e. The van der Waals surface area contributed by atoms with Crippen molar-refractivity contribution in [2.75, 3.05) is 58.2 Å².